The molecule has 0 saturated carbocycles. The Bertz CT molecular complexity index is 85.8. The van der Waals surface area contributed by atoms with E-state index in [9.17, 15) is 0 Å². The lowest BCUT2D eigenvalue weighted by Gasteiger charge is -1.77. The number of aliphatic hydroxyl groups is 1. The first kappa shape index (κ1) is 7.33. The Kier molecular flexibility index (Phi) is 3.50. The van der Waals surface area contributed by atoms with E-state index in [-0.39, 0.29) is 12.4 Å². The Labute approximate surface area is 55.7 Å². The molecule has 2 nitrogen and oxygen atoms in total. The fourth-order valence-corrected chi connectivity index (χ4v) is 1.33. The molecule has 0 amide bonds. The molecule has 1 rings (SSSR count). The van der Waals surface area contributed by atoms with Gasteiger partial charge in [0, 0.05) is 21.8 Å². The Hall–Kier alpha value is 0.330. The number of halogens is 1. The Morgan fingerprint density at radius 2 is 2.43 bits per heavy atom. The molecule has 0 aromatic rings. The van der Waals surface area contributed by atoms with Gasteiger partial charge in [-0.15, -0.1) is 12.4 Å². The highest BCUT2D eigenvalue weighted by molar-refractivity contribution is 8.77. The van der Waals surface area contributed by atoms with Crippen LogP contribution in [0.3, 0.4) is 0 Å². The predicted octanol–water partition coefficient (Wildman–Crippen LogP) is 1.66. The Morgan fingerprint density at radius 3 is 2.57 bits per heavy atom. The summed E-state index contributed by atoms with van der Waals surface area (Å²) in [6.07, 6.45) is 1.55. The van der Waals surface area contributed by atoms with E-state index >= 15 is 0 Å². The minimum absolute atomic E-state index is 0. The topological polar surface area (TPSA) is 32.3 Å². The van der Waals surface area contributed by atoms with E-state index in [0.29, 0.717) is 5.09 Å². The second-order valence-electron chi connectivity index (χ2n) is 0.767. The summed E-state index contributed by atoms with van der Waals surface area (Å²) in [5.74, 6) is 0. The summed E-state index contributed by atoms with van der Waals surface area (Å²) in [6.45, 7) is 0. The maximum atomic E-state index is 8.47. The van der Waals surface area contributed by atoms with Crippen molar-refractivity contribution >= 4 is 34.2 Å². The molecule has 1 heterocycles. The lowest BCUT2D eigenvalue weighted by Crippen LogP contribution is -1.78. The van der Waals surface area contributed by atoms with E-state index in [1.54, 1.807) is 6.20 Å². The van der Waals surface area contributed by atoms with Crippen LogP contribution in [0.2, 0.25) is 0 Å². The molecule has 0 saturated heterocycles. The van der Waals surface area contributed by atoms with Crippen LogP contribution < -0.4 is 4.72 Å². The van der Waals surface area contributed by atoms with E-state index in [4.69, 9.17) is 5.11 Å². The molecule has 5 heteroatoms. The zero-order valence-corrected chi connectivity index (χ0v) is 5.70. The zero-order chi connectivity index (χ0) is 4.41. The molecule has 0 spiro atoms. The van der Waals surface area contributed by atoms with E-state index in [0.717, 1.165) is 0 Å². The number of rotatable bonds is 0. The van der Waals surface area contributed by atoms with Crippen LogP contribution >= 0.6 is 34.2 Å². The van der Waals surface area contributed by atoms with Crippen molar-refractivity contribution in [3.63, 3.8) is 0 Å². The van der Waals surface area contributed by atoms with Crippen molar-refractivity contribution in [3.8, 4) is 0 Å². The van der Waals surface area contributed by atoms with Crippen molar-refractivity contribution in [1.29, 1.82) is 0 Å². The van der Waals surface area contributed by atoms with E-state index in [1.807, 2.05) is 0 Å². The fraction of sp³-hybridized carbons (Fsp3) is 0. The molecule has 2 N–H and O–H groups in total. The molecule has 0 bridgehead atoms. The fourth-order valence-electron chi connectivity index (χ4n) is 0.165. The van der Waals surface area contributed by atoms with E-state index in [2.05, 4.69) is 4.72 Å². The third-order valence-electron chi connectivity index (χ3n) is 0.358. The van der Waals surface area contributed by atoms with Crippen LogP contribution in [0.4, 0.5) is 0 Å². The van der Waals surface area contributed by atoms with Gasteiger partial charge in [0.25, 0.3) is 0 Å². The van der Waals surface area contributed by atoms with Gasteiger partial charge >= 0.3 is 0 Å². The van der Waals surface area contributed by atoms with Gasteiger partial charge in [0.05, 0.1) is 6.20 Å². The lowest BCUT2D eigenvalue weighted by molar-refractivity contribution is 0.456. The number of aliphatic hydroxyl groups excluding tert-OH is 1. The average molecular weight is 158 g/mol. The molecule has 0 fully saturated rings. The molecule has 7 heavy (non-hydrogen) atoms. The molecule has 0 atom stereocenters. The highest BCUT2D eigenvalue weighted by Crippen LogP contribution is 2.29. The molecule has 0 unspecified atom stereocenters. The van der Waals surface area contributed by atoms with Crippen LogP contribution in [0.5, 0.6) is 0 Å². The SMILES string of the molecule is Cl.OC1=CNSS1. The van der Waals surface area contributed by atoms with Crippen molar-refractivity contribution in [3.05, 3.63) is 11.3 Å². The van der Waals surface area contributed by atoms with Gasteiger partial charge in [-0.25, -0.2) is 0 Å². The molecule has 1 aliphatic heterocycles. The predicted molar refractivity (Wildman–Crippen MR) is 36.3 cm³/mol. The van der Waals surface area contributed by atoms with Crippen LogP contribution in [-0.2, 0) is 0 Å². The first-order valence-electron chi connectivity index (χ1n) is 1.38. The first-order chi connectivity index (χ1) is 2.89. The Balaban J connectivity index is 0.000000360. The Morgan fingerprint density at radius 1 is 1.71 bits per heavy atom. The van der Waals surface area contributed by atoms with Gasteiger partial charge in [0.2, 0.25) is 0 Å². The van der Waals surface area contributed by atoms with Crippen molar-refractivity contribution in [1.82, 2.24) is 4.72 Å². The van der Waals surface area contributed by atoms with Gasteiger partial charge in [0.15, 0.2) is 5.09 Å². The van der Waals surface area contributed by atoms with Crippen molar-refractivity contribution in [2.24, 2.45) is 0 Å². The molecule has 0 radical (unpaired) electrons. The standard InChI is InChI=1S/C2H3NOS2.ClH/c4-2-1-3-6-5-2;/h1,3-4H;1H. The molecule has 0 aromatic carbocycles. The van der Waals surface area contributed by atoms with Gasteiger partial charge in [-0.2, -0.15) is 0 Å². The molecule has 1 aliphatic rings. The average Bonchev–Trinajstić information content (AvgIpc) is 1.86. The summed E-state index contributed by atoms with van der Waals surface area (Å²) in [4.78, 5) is 0. The van der Waals surface area contributed by atoms with E-state index in [1.165, 1.54) is 21.8 Å². The third kappa shape index (κ3) is 2.21. The largest absolute Gasteiger partial charge is 0.500 e. The molecule has 0 aliphatic carbocycles. The zero-order valence-electron chi connectivity index (χ0n) is 3.25. The van der Waals surface area contributed by atoms with Crippen LogP contribution in [0.1, 0.15) is 0 Å². The molecule has 0 aromatic heterocycles. The number of nitrogens with one attached hydrogen (secondary N) is 1. The van der Waals surface area contributed by atoms with E-state index < -0.39 is 0 Å². The van der Waals surface area contributed by atoms with Gasteiger partial charge in [-0.1, -0.05) is 0 Å². The summed E-state index contributed by atoms with van der Waals surface area (Å²) in [5.41, 5.74) is 0. The highest BCUT2D eigenvalue weighted by atomic mass is 35.5. The van der Waals surface area contributed by atoms with Gasteiger partial charge in [0.1, 0.15) is 0 Å². The van der Waals surface area contributed by atoms with Gasteiger partial charge in [-0.05, 0) is 0 Å². The first-order valence-corrected chi connectivity index (χ1v) is 3.53. The van der Waals surface area contributed by atoms with Gasteiger partial charge < -0.3 is 9.83 Å². The molecular weight excluding hydrogens is 154 g/mol. The molecular formula is C2H4ClNOS2. The maximum Gasteiger partial charge on any atom is 0.179 e. The van der Waals surface area contributed by atoms with Crippen molar-refractivity contribution < 1.29 is 5.11 Å². The van der Waals surface area contributed by atoms with Crippen molar-refractivity contribution in [2.75, 3.05) is 0 Å². The highest BCUT2D eigenvalue weighted by Gasteiger charge is 1.99. The summed E-state index contributed by atoms with van der Waals surface area (Å²) in [7, 11) is 2.73. The smallest absolute Gasteiger partial charge is 0.179 e. The summed E-state index contributed by atoms with van der Waals surface area (Å²) < 4.78 is 2.74. The minimum Gasteiger partial charge on any atom is -0.500 e. The number of hydrogen-bond acceptors (Lipinski definition) is 4. The van der Waals surface area contributed by atoms with Crippen molar-refractivity contribution in [2.45, 2.75) is 0 Å². The quantitative estimate of drug-likeness (QED) is 0.414. The third-order valence-corrected chi connectivity index (χ3v) is 1.99. The molecule has 42 valence electrons. The monoisotopic (exact) mass is 157 g/mol. The summed E-state index contributed by atoms with van der Waals surface area (Å²) in [5, 5.41) is 8.82. The lowest BCUT2D eigenvalue weighted by atomic mass is 11.0. The number of hydrogen-bond donors (Lipinski definition) is 2. The normalized spacial score (nSPS) is 16.9. The minimum atomic E-state index is 0. The summed E-state index contributed by atoms with van der Waals surface area (Å²) >= 11 is 0. The van der Waals surface area contributed by atoms with Gasteiger partial charge in [-0.3, -0.25) is 0 Å². The maximum absolute atomic E-state index is 8.47. The van der Waals surface area contributed by atoms with Crippen LogP contribution in [0.15, 0.2) is 11.3 Å². The second kappa shape index (κ2) is 3.35. The van der Waals surface area contributed by atoms with Crippen LogP contribution in [0, 0.1) is 0 Å². The second-order valence-corrected chi connectivity index (χ2v) is 2.75. The summed E-state index contributed by atoms with van der Waals surface area (Å²) in [6, 6.07) is 0. The van der Waals surface area contributed by atoms with Crippen LogP contribution in [-0.4, -0.2) is 5.11 Å². The van der Waals surface area contributed by atoms with Crippen LogP contribution in [0.25, 0.3) is 0 Å².